The minimum Gasteiger partial charge on any atom is -0.367 e. The van der Waals surface area contributed by atoms with Gasteiger partial charge in [-0.1, -0.05) is 0 Å². The highest BCUT2D eigenvalue weighted by molar-refractivity contribution is 5.16. The van der Waals surface area contributed by atoms with E-state index in [2.05, 4.69) is 39.0 Å². The van der Waals surface area contributed by atoms with Crippen LogP contribution in [-0.2, 0) is 11.3 Å². The molecule has 0 bridgehead atoms. The van der Waals surface area contributed by atoms with Crippen molar-refractivity contribution in [2.45, 2.75) is 64.8 Å². The van der Waals surface area contributed by atoms with E-state index in [1.807, 2.05) is 11.6 Å². The fourth-order valence-electron chi connectivity index (χ4n) is 2.82. The molecule has 1 aromatic heterocycles. The molecule has 1 aromatic rings. The summed E-state index contributed by atoms with van der Waals surface area (Å²) >= 11 is 0. The van der Waals surface area contributed by atoms with Gasteiger partial charge in [-0.3, -0.25) is 4.68 Å². The average Bonchev–Trinajstić information content (AvgIpc) is 2.63. The Hall–Kier alpha value is -0.870. The van der Waals surface area contributed by atoms with Crippen LogP contribution in [0.3, 0.4) is 0 Å². The van der Waals surface area contributed by atoms with E-state index >= 15 is 0 Å². The zero-order chi connectivity index (χ0) is 12.8. The monoisotopic (exact) mass is 237 g/mol. The van der Waals surface area contributed by atoms with E-state index in [-0.39, 0.29) is 17.2 Å². The zero-order valence-corrected chi connectivity index (χ0v) is 11.4. The van der Waals surface area contributed by atoms with Crippen LogP contribution in [0.1, 0.15) is 51.4 Å². The third kappa shape index (κ3) is 2.24. The molecular formula is C13H23N3O. The number of hydrogen-bond donors (Lipinski definition) is 1. The van der Waals surface area contributed by atoms with Gasteiger partial charge in [0.25, 0.3) is 0 Å². The van der Waals surface area contributed by atoms with Crippen LogP contribution < -0.4 is 5.73 Å². The molecular weight excluding hydrogens is 214 g/mol. The Bertz CT molecular complexity index is 420. The molecule has 1 aliphatic heterocycles. The number of hydrogen-bond acceptors (Lipinski definition) is 3. The molecule has 4 heteroatoms. The second-order valence-corrected chi connectivity index (χ2v) is 6.11. The van der Waals surface area contributed by atoms with Crippen LogP contribution in [0.2, 0.25) is 0 Å². The van der Waals surface area contributed by atoms with Gasteiger partial charge in [-0.2, -0.15) is 5.10 Å². The first-order valence-electron chi connectivity index (χ1n) is 6.20. The summed E-state index contributed by atoms with van der Waals surface area (Å²) in [6, 6.07) is 0.275. The summed E-state index contributed by atoms with van der Waals surface area (Å²) in [5.74, 6) is 0. The van der Waals surface area contributed by atoms with Gasteiger partial charge in [0.15, 0.2) is 0 Å². The molecule has 0 amide bonds. The summed E-state index contributed by atoms with van der Waals surface area (Å²) < 4.78 is 8.13. The van der Waals surface area contributed by atoms with E-state index in [1.165, 1.54) is 0 Å². The summed E-state index contributed by atoms with van der Waals surface area (Å²) in [6.45, 7) is 11.1. The summed E-state index contributed by atoms with van der Waals surface area (Å²) in [5, 5.41) is 4.58. The van der Waals surface area contributed by atoms with Gasteiger partial charge in [-0.15, -0.1) is 0 Å². The molecule has 1 atom stereocenters. The minimum absolute atomic E-state index is 0.0864. The van der Waals surface area contributed by atoms with Crippen LogP contribution in [0.15, 0.2) is 6.20 Å². The van der Waals surface area contributed by atoms with Crippen molar-refractivity contribution in [1.82, 2.24) is 9.78 Å². The Balaban J connectivity index is 2.33. The molecule has 0 radical (unpaired) electrons. The Kier molecular flexibility index (Phi) is 2.83. The zero-order valence-electron chi connectivity index (χ0n) is 11.4. The van der Waals surface area contributed by atoms with Crippen LogP contribution in [0.25, 0.3) is 0 Å². The predicted molar refractivity (Wildman–Crippen MR) is 67.8 cm³/mol. The Morgan fingerprint density at radius 1 is 1.47 bits per heavy atom. The Morgan fingerprint density at radius 2 is 2.12 bits per heavy atom. The van der Waals surface area contributed by atoms with Gasteiger partial charge in [0.05, 0.1) is 22.9 Å². The highest BCUT2D eigenvalue weighted by Gasteiger charge is 2.47. The molecule has 0 aromatic carbocycles. The lowest BCUT2D eigenvalue weighted by Gasteiger charge is -2.27. The SMILES string of the molecule is Cc1nn(C2CC(C)(C)OC2(C)C)cc1CN. The Morgan fingerprint density at radius 3 is 2.53 bits per heavy atom. The first-order valence-corrected chi connectivity index (χ1v) is 6.20. The Labute approximate surface area is 103 Å². The highest BCUT2D eigenvalue weighted by atomic mass is 16.5. The van der Waals surface area contributed by atoms with Crippen LogP contribution in [0.4, 0.5) is 0 Å². The molecule has 1 saturated heterocycles. The lowest BCUT2D eigenvalue weighted by molar-refractivity contribution is -0.0737. The maximum atomic E-state index is 6.09. The number of ether oxygens (including phenoxy) is 1. The normalized spacial score (nSPS) is 26.4. The molecule has 1 aliphatic rings. The van der Waals surface area contributed by atoms with Gasteiger partial charge >= 0.3 is 0 Å². The van der Waals surface area contributed by atoms with Gasteiger partial charge < -0.3 is 10.5 Å². The molecule has 2 rings (SSSR count). The maximum Gasteiger partial charge on any atom is 0.0857 e. The maximum absolute atomic E-state index is 6.09. The number of aromatic nitrogens is 2. The number of aryl methyl sites for hydroxylation is 1. The van der Waals surface area contributed by atoms with E-state index in [9.17, 15) is 0 Å². The topological polar surface area (TPSA) is 53.1 Å². The molecule has 0 saturated carbocycles. The first kappa shape index (κ1) is 12.6. The van der Waals surface area contributed by atoms with Gasteiger partial charge in [0, 0.05) is 24.7 Å². The number of nitrogens with two attached hydrogens (primary N) is 1. The molecule has 1 unspecified atom stereocenters. The smallest absolute Gasteiger partial charge is 0.0857 e. The molecule has 96 valence electrons. The van der Waals surface area contributed by atoms with E-state index in [4.69, 9.17) is 10.5 Å². The van der Waals surface area contributed by atoms with Crippen molar-refractivity contribution < 1.29 is 4.74 Å². The fraction of sp³-hybridized carbons (Fsp3) is 0.769. The fourth-order valence-corrected chi connectivity index (χ4v) is 2.82. The van der Waals surface area contributed by atoms with Crippen LogP contribution in [0, 0.1) is 6.92 Å². The lowest BCUT2D eigenvalue weighted by atomic mass is 9.95. The summed E-state index contributed by atoms with van der Waals surface area (Å²) in [7, 11) is 0. The van der Waals surface area contributed by atoms with Crippen molar-refractivity contribution >= 4 is 0 Å². The second kappa shape index (κ2) is 3.82. The molecule has 0 spiro atoms. The second-order valence-electron chi connectivity index (χ2n) is 6.11. The number of rotatable bonds is 2. The van der Waals surface area contributed by atoms with Crippen LogP contribution in [0.5, 0.6) is 0 Å². The summed E-state index contributed by atoms with van der Waals surface area (Å²) in [6.07, 6.45) is 3.04. The third-order valence-electron chi connectivity index (χ3n) is 3.58. The molecule has 2 N–H and O–H groups in total. The molecule has 1 fully saturated rings. The summed E-state index contributed by atoms with van der Waals surface area (Å²) in [4.78, 5) is 0. The van der Waals surface area contributed by atoms with Gasteiger partial charge in [-0.25, -0.2) is 0 Å². The predicted octanol–water partition coefficient (Wildman–Crippen LogP) is 2.17. The van der Waals surface area contributed by atoms with Gasteiger partial charge in [0.2, 0.25) is 0 Å². The third-order valence-corrected chi connectivity index (χ3v) is 3.58. The van der Waals surface area contributed by atoms with Crippen LogP contribution >= 0.6 is 0 Å². The van der Waals surface area contributed by atoms with E-state index in [0.717, 1.165) is 17.7 Å². The lowest BCUT2D eigenvalue weighted by Crippen LogP contribution is -2.31. The van der Waals surface area contributed by atoms with E-state index in [1.54, 1.807) is 0 Å². The molecule has 17 heavy (non-hydrogen) atoms. The van der Waals surface area contributed by atoms with E-state index < -0.39 is 0 Å². The highest BCUT2D eigenvalue weighted by Crippen LogP contribution is 2.44. The van der Waals surface area contributed by atoms with Gasteiger partial charge in [-0.05, 0) is 34.6 Å². The number of nitrogens with zero attached hydrogens (tertiary/aromatic N) is 2. The molecule has 0 aliphatic carbocycles. The van der Waals surface area contributed by atoms with Crippen LogP contribution in [-0.4, -0.2) is 21.0 Å². The van der Waals surface area contributed by atoms with Crippen molar-refractivity contribution in [2.75, 3.05) is 0 Å². The average molecular weight is 237 g/mol. The first-order chi connectivity index (χ1) is 7.75. The largest absolute Gasteiger partial charge is 0.367 e. The minimum atomic E-state index is -0.187. The van der Waals surface area contributed by atoms with Crippen molar-refractivity contribution in [3.05, 3.63) is 17.5 Å². The van der Waals surface area contributed by atoms with Crippen molar-refractivity contribution in [1.29, 1.82) is 0 Å². The quantitative estimate of drug-likeness (QED) is 0.857. The van der Waals surface area contributed by atoms with Gasteiger partial charge in [0.1, 0.15) is 0 Å². The summed E-state index contributed by atoms with van der Waals surface area (Å²) in [5.41, 5.74) is 7.56. The van der Waals surface area contributed by atoms with Crippen molar-refractivity contribution in [3.63, 3.8) is 0 Å². The standard InChI is InChI=1S/C13H23N3O/c1-9-10(7-14)8-16(15-9)11-6-12(2,3)17-13(11,4)5/h8,11H,6-7,14H2,1-5H3. The molecule has 2 heterocycles. The van der Waals surface area contributed by atoms with Crippen molar-refractivity contribution in [2.24, 2.45) is 5.73 Å². The van der Waals surface area contributed by atoms with Crippen molar-refractivity contribution in [3.8, 4) is 0 Å². The molecule has 4 nitrogen and oxygen atoms in total. The van der Waals surface area contributed by atoms with E-state index in [0.29, 0.717) is 6.54 Å².